The lowest BCUT2D eigenvalue weighted by Gasteiger charge is -2.34. The van der Waals surface area contributed by atoms with Crippen molar-refractivity contribution in [3.05, 3.63) is 59.5 Å². The van der Waals surface area contributed by atoms with Crippen LogP contribution < -0.4 is 0 Å². The number of amides is 2. The minimum absolute atomic E-state index is 0.0227. The van der Waals surface area contributed by atoms with E-state index >= 15 is 0 Å². The van der Waals surface area contributed by atoms with Crippen LogP contribution in [0.25, 0.3) is 0 Å². The van der Waals surface area contributed by atoms with Gasteiger partial charge < -0.3 is 14.2 Å². The highest BCUT2D eigenvalue weighted by molar-refractivity contribution is 5.98. The molecule has 0 N–H and O–H groups in total. The van der Waals surface area contributed by atoms with E-state index in [1.807, 2.05) is 24.3 Å². The Morgan fingerprint density at radius 3 is 2.07 bits per heavy atom. The van der Waals surface area contributed by atoms with Crippen LogP contribution in [0.4, 0.5) is 0 Å². The molecule has 0 atom stereocenters. The Morgan fingerprint density at radius 1 is 0.897 bits per heavy atom. The van der Waals surface area contributed by atoms with Crippen molar-refractivity contribution in [1.82, 2.24) is 9.80 Å². The second-order valence-electron chi connectivity index (χ2n) is 8.40. The first-order chi connectivity index (χ1) is 13.8. The molecule has 154 valence electrons. The maximum absolute atomic E-state index is 12.5. The number of rotatable bonds is 5. The van der Waals surface area contributed by atoms with Gasteiger partial charge in [-0.2, -0.15) is 0 Å². The van der Waals surface area contributed by atoms with Gasteiger partial charge in [-0.25, -0.2) is 0 Å². The monoisotopic (exact) mass is 396 g/mol. The predicted octanol–water partition coefficient (Wildman–Crippen LogP) is 3.52. The lowest BCUT2D eigenvalue weighted by Crippen LogP contribution is -2.50. The van der Waals surface area contributed by atoms with E-state index in [-0.39, 0.29) is 35.9 Å². The van der Waals surface area contributed by atoms with Gasteiger partial charge in [0.15, 0.2) is 11.5 Å². The Morgan fingerprint density at radius 2 is 1.52 bits per heavy atom. The molecule has 0 unspecified atom stereocenters. The van der Waals surface area contributed by atoms with E-state index in [1.165, 1.54) is 11.8 Å². The van der Waals surface area contributed by atoms with Gasteiger partial charge in [0.2, 0.25) is 5.91 Å². The third-order valence-electron chi connectivity index (χ3n) is 5.29. The minimum atomic E-state index is -0.156. The van der Waals surface area contributed by atoms with Gasteiger partial charge in [-0.15, -0.1) is 0 Å². The number of carbonyl (C=O) groups is 3. The number of hydrogen-bond donors (Lipinski definition) is 0. The maximum atomic E-state index is 12.5. The lowest BCUT2D eigenvalue weighted by molar-refractivity contribution is -0.132. The average molecular weight is 396 g/mol. The topological polar surface area (TPSA) is 70.8 Å². The number of furan rings is 1. The summed E-state index contributed by atoms with van der Waals surface area (Å²) in [6.07, 6.45) is 1.85. The summed E-state index contributed by atoms with van der Waals surface area (Å²) in [6, 6.07) is 11.0. The van der Waals surface area contributed by atoms with Gasteiger partial charge in [0.05, 0.1) is 6.26 Å². The van der Waals surface area contributed by atoms with E-state index < -0.39 is 0 Å². The largest absolute Gasteiger partial charge is 0.459 e. The fraction of sp³-hybridized carbons (Fsp3) is 0.435. The molecule has 2 heterocycles. The third-order valence-corrected chi connectivity index (χ3v) is 5.29. The van der Waals surface area contributed by atoms with Crippen molar-refractivity contribution in [2.24, 2.45) is 0 Å². The number of hydrogen-bond acceptors (Lipinski definition) is 4. The molecule has 3 rings (SSSR count). The number of nitrogens with zero attached hydrogens (tertiary/aromatic N) is 2. The summed E-state index contributed by atoms with van der Waals surface area (Å²) in [7, 11) is 0. The SMILES string of the molecule is CC(C)(C)c1ccc(C(=O)CCC(=O)N2CCN(C(=O)c3ccco3)CC2)cc1. The van der Waals surface area contributed by atoms with Crippen molar-refractivity contribution in [3.8, 4) is 0 Å². The van der Waals surface area contributed by atoms with E-state index in [0.29, 0.717) is 37.5 Å². The summed E-state index contributed by atoms with van der Waals surface area (Å²) < 4.78 is 5.15. The Hall–Kier alpha value is -2.89. The van der Waals surface area contributed by atoms with Crippen LogP contribution in [0.3, 0.4) is 0 Å². The highest BCUT2D eigenvalue weighted by atomic mass is 16.3. The van der Waals surface area contributed by atoms with Gasteiger partial charge in [0.1, 0.15) is 0 Å². The maximum Gasteiger partial charge on any atom is 0.289 e. The molecule has 0 aliphatic carbocycles. The standard InChI is InChI=1S/C23H28N2O4/c1-23(2,3)18-8-6-17(7-9-18)19(26)10-11-21(27)24-12-14-25(15-13-24)22(28)20-5-4-16-29-20/h4-9,16H,10-15H2,1-3H3. The molecule has 1 aromatic carbocycles. The van der Waals surface area contributed by atoms with Crippen LogP contribution in [0, 0.1) is 0 Å². The predicted molar refractivity (Wildman–Crippen MR) is 110 cm³/mol. The van der Waals surface area contributed by atoms with E-state index in [0.717, 1.165) is 0 Å². The van der Waals surface area contributed by atoms with E-state index in [4.69, 9.17) is 4.42 Å². The molecule has 0 saturated carbocycles. The average Bonchev–Trinajstić information content (AvgIpc) is 3.25. The van der Waals surface area contributed by atoms with Crippen molar-refractivity contribution in [3.63, 3.8) is 0 Å². The normalized spacial score (nSPS) is 14.7. The minimum Gasteiger partial charge on any atom is -0.459 e. The van der Waals surface area contributed by atoms with Gasteiger partial charge >= 0.3 is 0 Å². The lowest BCUT2D eigenvalue weighted by atomic mass is 9.86. The van der Waals surface area contributed by atoms with Gasteiger partial charge in [-0.1, -0.05) is 45.0 Å². The molecular weight excluding hydrogens is 368 g/mol. The quantitative estimate of drug-likeness (QED) is 0.725. The Bertz CT molecular complexity index is 855. The van der Waals surface area contributed by atoms with Crippen molar-refractivity contribution < 1.29 is 18.8 Å². The van der Waals surface area contributed by atoms with Gasteiger partial charge in [0, 0.05) is 44.6 Å². The van der Waals surface area contributed by atoms with Crippen LogP contribution in [0.5, 0.6) is 0 Å². The first kappa shape index (κ1) is 20.8. The molecule has 6 heteroatoms. The molecule has 1 aromatic heterocycles. The molecule has 2 aromatic rings. The number of carbonyl (C=O) groups excluding carboxylic acids is 3. The smallest absolute Gasteiger partial charge is 0.289 e. The van der Waals surface area contributed by atoms with Gasteiger partial charge in [-0.3, -0.25) is 14.4 Å². The molecule has 0 spiro atoms. The van der Waals surface area contributed by atoms with Crippen LogP contribution in [0.15, 0.2) is 47.1 Å². The fourth-order valence-corrected chi connectivity index (χ4v) is 3.39. The molecule has 1 aliphatic rings. The summed E-state index contributed by atoms with van der Waals surface area (Å²) >= 11 is 0. The molecule has 1 saturated heterocycles. The van der Waals surface area contributed by atoms with E-state index in [1.54, 1.807) is 21.9 Å². The number of ketones is 1. The van der Waals surface area contributed by atoms with E-state index in [9.17, 15) is 14.4 Å². The van der Waals surface area contributed by atoms with Crippen molar-refractivity contribution in [1.29, 1.82) is 0 Å². The first-order valence-electron chi connectivity index (χ1n) is 10.00. The molecular formula is C23H28N2O4. The van der Waals surface area contributed by atoms with Crippen LogP contribution in [0.2, 0.25) is 0 Å². The molecule has 0 radical (unpaired) electrons. The molecule has 1 aliphatic heterocycles. The zero-order chi connectivity index (χ0) is 21.0. The molecule has 2 amide bonds. The Labute approximate surface area is 171 Å². The zero-order valence-electron chi connectivity index (χ0n) is 17.3. The number of benzene rings is 1. The molecule has 6 nitrogen and oxygen atoms in total. The Kier molecular flexibility index (Phi) is 6.20. The van der Waals surface area contributed by atoms with E-state index in [2.05, 4.69) is 20.8 Å². The summed E-state index contributed by atoms with van der Waals surface area (Å²) in [5, 5.41) is 0. The summed E-state index contributed by atoms with van der Waals surface area (Å²) in [4.78, 5) is 40.6. The van der Waals surface area contributed by atoms with Crippen molar-refractivity contribution in [2.45, 2.75) is 39.0 Å². The highest BCUT2D eigenvalue weighted by Crippen LogP contribution is 2.22. The first-order valence-corrected chi connectivity index (χ1v) is 10.00. The molecule has 1 fully saturated rings. The molecule has 0 bridgehead atoms. The van der Waals surface area contributed by atoms with Crippen LogP contribution in [0.1, 0.15) is 60.1 Å². The van der Waals surface area contributed by atoms with Crippen molar-refractivity contribution in [2.75, 3.05) is 26.2 Å². The number of Topliss-reactive ketones (excluding diaryl/α,β-unsaturated/α-hetero) is 1. The Balaban J connectivity index is 1.46. The summed E-state index contributed by atoms with van der Waals surface area (Å²) in [6.45, 7) is 8.26. The van der Waals surface area contributed by atoms with Crippen LogP contribution >= 0.6 is 0 Å². The highest BCUT2D eigenvalue weighted by Gasteiger charge is 2.26. The zero-order valence-corrected chi connectivity index (χ0v) is 17.3. The molecule has 29 heavy (non-hydrogen) atoms. The fourth-order valence-electron chi connectivity index (χ4n) is 3.39. The van der Waals surface area contributed by atoms with Crippen LogP contribution in [-0.4, -0.2) is 53.6 Å². The second kappa shape index (κ2) is 8.64. The number of piperazine rings is 1. The van der Waals surface area contributed by atoms with Crippen LogP contribution in [-0.2, 0) is 10.2 Å². The van der Waals surface area contributed by atoms with Gasteiger partial charge in [0.25, 0.3) is 5.91 Å². The summed E-state index contributed by atoms with van der Waals surface area (Å²) in [5.74, 6) is 0.0871. The second-order valence-corrected chi connectivity index (χ2v) is 8.40. The summed E-state index contributed by atoms with van der Waals surface area (Å²) in [5.41, 5.74) is 1.85. The third kappa shape index (κ3) is 5.13. The van der Waals surface area contributed by atoms with Gasteiger partial charge in [-0.05, 0) is 23.1 Å². The van der Waals surface area contributed by atoms with Crippen molar-refractivity contribution >= 4 is 17.6 Å².